The summed E-state index contributed by atoms with van der Waals surface area (Å²) >= 11 is 1.37. The highest BCUT2D eigenvalue weighted by atomic mass is 32.2. The lowest BCUT2D eigenvalue weighted by Gasteiger charge is -2.22. The van der Waals surface area contributed by atoms with Crippen molar-refractivity contribution in [3.63, 3.8) is 0 Å². The minimum Gasteiger partial charge on any atom is -0.496 e. The number of hydrogen-bond acceptors (Lipinski definition) is 6. The van der Waals surface area contributed by atoms with E-state index >= 15 is 0 Å². The fourth-order valence-corrected chi connectivity index (χ4v) is 4.08. The van der Waals surface area contributed by atoms with Crippen molar-refractivity contribution in [2.75, 3.05) is 33.1 Å². The van der Waals surface area contributed by atoms with Gasteiger partial charge in [0.25, 0.3) is 0 Å². The van der Waals surface area contributed by atoms with Crippen molar-refractivity contribution in [1.82, 2.24) is 19.7 Å². The highest BCUT2D eigenvalue weighted by Gasteiger charge is 2.20. The van der Waals surface area contributed by atoms with Gasteiger partial charge in [-0.05, 0) is 17.7 Å². The molecule has 2 aromatic carbocycles. The molecule has 8 heteroatoms. The first kappa shape index (κ1) is 23.6. The number of ether oxygens (including phenoxy) is 2. The first-order chi connectivity index (χ1) is 15.7. The van der Waals surface area contributed by atoms with E-state index in [2.05, 4.69) is 16.8 Å². The molecule has 0 atom stereocenters. The Balaban J connectivity index is 1.76. The van der Waals surface area contributed by atoms with E-state index in [1.165, 1.54) is 11.8 Å². The molecule has 3 rings (SSSR count). The second-order valence-electron chi connectivity index (χ2n) is 6.99. The normalized spacial score (nSPS) is 10.7. The number of nitrogens with zero attached hydrogens (tertiary/aromatic N) is 4. The van der Waals surface area contributed by atoms with Crippen molar-refractivity contribution < 1.29 is 14.3 Å². The lowest BCUT2D eigenvalue weighted by molar-refractivity contribution is -0.129. The third kappa shape index (κ3) is 5.99. The molecule has 0 bridgehead atoms. The van der Waals surface area contributed by atoms with Crippen molar-refractivity contribution in [3.8, 4) is 17.1 Å². The molecule has 0 aliphatic heterocycles. The van der Waals surface area contributed by atoms with Gasteiger partial charge in [-0.15, -0.1) is 16.8 Å². The lowest BCUT2D eigenvalue weighted by Crippen LogP contribution is -2.34. The van der Waals surface area contributed by atoms with Crippen molar-refractivity contribution >= 4 is 17.7 Å². The molecule has 0 fully saturated rings. The molecule has 1 heterocycles. The maximum absolute atomic E-state index is 13.0. The molecule has 0 spiro atoms. The zero-order valence-corrected chi connectivity index (χ0v) is 19.3. The second kappa shape index (κ2) is 12.1. The van der Waals surface area contributed by atoms with E-state index in [4.69, 9.17) is 9.47 Å². The van der Waals surface area contributed by atoms with Crippen LogP contribution in [0.2, 0.25) is 0 Å². The van der Waals surface area contributed by atoms with Crippen LogP contribution >= 0.6 is 11.8 Å². The molecule has 0 aliphatic rings. The Morgan fingerprint density at radius 1 is 1.12 bits per heavy atom. The summed E-state index contributed by atoms with van der Waals surface area (Å²) < 4.78 is 12.6. The van der Waals surface area contributed by atoms with Gasteiger partial charge in [0.1, 0.15) is 5.75 Å². The van der Waals surface area contributed by atoms with Crippen LogP contribution in [-0.2, 0) is 22.6 Å². The number of para-hydroxylation sites is 1. The van der Waals surface area contributed by atoms with Crippen LogP contribution in [0.15, 0.2) is 72.4 Å². The van der Waals surface area contributed by atoms with Crippen LogP contribution in [0.1, 0.15) is 5.56 Å². The van der Waals surface area contributed by atoms with E-state index in [1.807, 2.05) is 59.2 Å². The van der Waals surface area contributed by atoms with Crippen molar-refractivity contribution in [2.24, 2.45) is 0 Å². The smallest absolute Gasteiger partial charge is 0.233 e. The topological polar surface area (TPSA) is 69.5 Å². The highest BCUT2D eigenvalue weighted by molar-refractivity contribution is 7.99. The summed E-state index contributed by atoms with van der Waals surface area (Å²) in [5.74, 6) is 1.66. The molecule has 0 unspecified atom stereocenters. The lowest BCUT2D eigenvalue weighted by atomic mass is 10.2. The standard InChI is InChI=1S/C24H28N4O3S/c1-4-14-28-23(20-12-8-9-13-21(20)31-3)25-26-24(28)32-18-22(29)27(15-16-30-2)17-19-10-6-5-7-11-19/h4-13H,1,14-18H2,2-3H3. The van der Waals surface area contributed by atoms with E-state index in [-0.39, 0.29) is 11.7 Å². The number of amides is 1. The molecular weight excluding hydrogens is 424 g/mol. The molecule has 0 aliphatic carbocycles. The average molecular weight is 453 g/mol. The minimum atomic E-state index is 0.0166. The van der Waals surface area contributed by atoms with Gasteiger partial charge in [-0.25, -0.2) is 0 Å². The first-order valence-electron chi connectivity index (χ1n) is 10.3. The first-order valence-corrected chi connectivity index (χ1v) is 11.3. The van der Waals surface area contributed by atoms with Gasteiger partial charge in [0, 0.05) is 26.7 Å². The van der Waals surface area contributed by atoms with Gasteiger partial charge >= 0.3 is 0 Å². The van der Waals surface area contributed by atoms with Gasteiger partial charge in [-0.1, -0.05) is 60.3 Å². The number of benzene rings is 2. The highest BCUT2D eigenvalue weighted by Crippen LogP contribution is 2.31. The zero-order valence-electron chi connectivity index (χ0n) is 18.4. The van der Waals surface area contributed by atoms with Crippen LogP contribution < -0.4 is 4.74 Å². The number of carbonyl (C=O) groups is 1. The maximum Gasteiger partial charge on any atom is 0.233 e. The second-order valence-corrected chi connectivity index (χ2v) is 7.93. The van der Waals surface area contributed by atoms with Gasteiger partial charge in [0.2, 0.25) is 5.91 Å². The molecule has 0 saturated carbocycles. The largest absolute Gasteiger partial charge is 0.496 e. The van der Waals surface area contributed by atoms with Gasteiger partial charge in [0.15, 0.2) is 11.0 Å². The summed E-state index contributed by atoms with van der Waals surface area (Å²) in [5.41, 5.74) is 1.92. The molecule has 0 radical (unpaired) electrons. The molecule has 1 amide bonds. The van der Waals surface area contributed by atoms with E-state index in [0.29, 0.717) is 43.0 Å². The summed E-state index contributed by atoms with van der Waals surface area (Å²) in [7, 11) is 3.26. The summed E-state index contributed by atoms with van der Waals surface area (Å²) in [6.07, 6.45) is 1.79. The Morgan fingerprint density at radius 2 is 1.88 bits per heavy atom. The molecule has 0 saturated heterocycles. The molecule has 3 aromatic rings. The van der Waals surface area contributed by atoms with Crippen LogP contribution in [0, 0.1) is 0 Å². The summed E-state index contributed by atoms with van der Waals surface area (Å²) in [5, 5.41) is 9.37. The van der Waals surface area contributed by atoms with Crippen LogP contribution in [0.25, 0.3) is 11.4 Å². The monoisotopic (exact) mass is 452 g/mol. The van der Waals surface area contributed by atoms with Gasteiger partial charge in [-0.2, -0.15) is 0 Å². The number of thioether (sulfide) groups is 1. The maximum atomic E-state index is 13.0. The fraction of sp³-hybridized carbons (Fsp3) is 0.292. The molecule has 0 N–H and O–H groups in total. The third-order valence-electron chi connectivity index (χ3n) is 4.84. The van der Waals surface area contributed by atoms with Crippen molar-refractivity contribution in [2.45, 2.75) is 18.2 Å². The fourth-order valence-electron chi connectivity index (χ4n) is 3.23. The number of allylic oxidation sites excluding steroid dienone is 1. The van der Waals surface area contributed by atoms with E-state index in [9.17, 15) is 4.79 Å². The number of methoxy groups -OCH3 is 2. The molecular formula is C24H28N4O3S. The Kier molecular flexibility index (Phi) is 8.89. The summed E-state index contributed by atoms with van der Waals surface area (Å²) in [4.78, 5) is 14.8. The molecule has 1 aromatic heterocycles. The van der Waals surface area contributed by atoms with Gasteiger partial charge in [-0.3, -0.25) is 9.36 Å². The molecule has 7 nitrogen and oxygen atoms in total. The van der Waals surface area contributed by atoms with E-state index in [1.54, 1.807) is 25.2 Å². The van der Waals surface area contributed by atoms with Crippen molar-refractivity contribution in [1.29, 1.82) is 0 Å². The van der Waals surface area contributed by atoms with Crippen LogP contribution in [0.3, 0.4) is 0 Å². The minimum absolute atomic E-state index is 0.0166. The summed E-state index contributed by atoms with van der Waals surface area (Å²) in [6, 6.07) is 17.6. The summed E-state index contributed by atoms with van der Waals surface area (Å²) in [6.45, 7) is 5.92. The average Bonchev–Trinajstić information content (AvgIpc) is 3.23. The Morgan fingerprint density at radius 3 is 2.59 bits per heavy atom. The predicted octanol–water partition coefficient (Wildman–Crippen LogP) is 3.91. The molecule has 168 valence electrons. The van der Waals surface area contributed by atoms with Crippen LogP contribution in [0.5, 0.6) is 5.75 Å². The zero-order chi connectivity index (χ0) is 22.8. The van der Waals surface area contributed by atoms with Crippen molar-refractivity contribution in [3.05, 3.63) is 72.8 Å². The SMILES string of the molecule is C=CCn1c(SCC(=O)N(CCOC)Cc2ccccc2)nnc1-c1ccccc1OC. The number of rotatable bonds is 12. The van der Waals surface area contributed by atoms with Gasteiger partial charge < -0.3 is 14.4 Å². The number of hydrogen-bond donors (Lipinski definition) is 0. The Bertz CT molecular complexity index is 1020. The Labute approximate surface area is 193 Å². The van der Waals surface area contributed by atoms with Crippen LogP contribution in [-0.4, -0.2) is 58.7 Å². The van der Waals surface area contributed by atoms with Gasteiger partial charge in [0.05, 0.1) is 25.0 Å². The quantitative estimate of drug-likeness (QED) is 0.307. The molecule has 32 heavy (non-hydrogen) atoms. The Hall–Kier alpha value is -3.10. The third-order valence-corrected chi connectivity index (χ3v) is 5.79. The predicted molar refractivity (Wildman–Crippen MR) is 127 cm³/mol. The van der Waals surface area contributed by atoms with E-state index < -0.39 is 0 Å². The van der Waals surface area contributed by atoms with E-state index in [0.717, 1.165) is 11.1 Å². The number of carbonyl (C=O) groups excluding carboxylic acids is 1. The van der Waals surface area contributed by atoms with Crippen LogP contribution in [0.4, 0.5) is 0 Å². The number of aromatic nitrogens is 3.